The molecule has 1 N–H and O–H groups in total. The Morgan fingerprint density at radius 3 is 2.37 bits per heavy atom. The van der Waals surface area contributed by atoms with E-state index in [1.165, 1.54) is 50.5 Å². The molecule has 27 heavy (non-hydrogen) atoms. The maximum absolute atomic E-state index is 12.4. The van der Waals surface area contributed by atoms with Crippen LogP contribution in [0.2, 0.25) is 0 Å². The summed E-state index contributed by atoms with van der Waals surface area (Å²) in [5.41, 5.74) is 0.164. The van der Waals surface area contributed by atoms with E-state index in [0.29, 0.717) is 11.8 Å². The van der Waals surface area contributed by atoms with Crippen molar-refractivity contribution in [3.8, 4) is 5.75 Å². The fraction of sp³-hybridized carbons (Fsp3) is 0.600. The molecule has 0 radical (unpaired) electrons. The minimum absolute atomic E-state index is 0.0490. The summed E-state index contributed by atoms with van der Waals surface area (Å²) in [6, 6.07) is 5.21. The molecular weight excluding hydrogens is 356 g/mol. The van der Waals surface area contributed by atoms with Gasteiger partial charge < -0.3 is 14.8 Å². The molecule has 0 heterocycles. The van der Waals surface area contributed by atoms with Crippen LogP contribution in [-0.4, -0.2) is 30.6 Å². The maximum atomic E-state index is 12.4. The van der Waals surface area contributed by atoms with Crippen molar-refractivity contribution >= 4 is 11.9 Å². The molecule has 0 spiro atoms. The van der Waals surface area contributed by atoms with Crippen molar-refractivity contribution in [2.45, 2.75) is 58.3 Å². The summed E-state index contributed by atoms with van der Waals surface area (Å²) in [4.78, 5) is 24.5. The smallest absolute Gasteiger partial charge is 0.387 e. The molecule has 1 amide bonds. The molecule has 2 saturated carbocycles. The number of benzene rings is 1. The third-order valence-corrected chi connectivity index (χ3v) is 5.77. The molecule has 2 aliphatic rings. The summed E-state index contributed by atoms with van der Waals surface area (Å²) < 4.78 is 33.7. The highest BCUT2D eigenvalue weighted by molar-refractivity contribution is 5.92. The second kappa shape index (κ2) is 8.23. The average molecular weight is 381 g/mol. The minimum Gasteiger partial charge on any atom is -0.449 e. The molecule has 1 aromatic carbocycles. The fourth-order valence-electron chi connectivity index (χ4n) is 4.41. The number of ether oxygens (including phenoxy) is 2. The molecule has 2 fully saturated rings. The van der Waals surface area contributed by atoms with E-state index in [0.717, 1.165) is 12.3 Å². The number of amides is 1. The first-order valence-electron chi connectivity index (χ1n) is 9.39. The van der Waals surface area contributed by atoms with Crippen molar-refractivity contribution < 1.29 is 27.8 Å². The van der Waals surface area contributed by atoms with E-state index in [-0.39, 0.29) is 23.3 Å². The van der Waals surface area contributed by atoms with Crippen LogP contribution in [-0.2, 0) is 9.53 Å². The molecule has 0 aliphatic heterocycles. The van der Waals surface area contributed by atoms with Crippen molar-refractivity contribution in [1.82, 2.24) is 5.32 Å². The van der Waals surface area contributed by atoms with Crippen LogP contribution in [0.4, 0.5) is 8.78 Å². The van der Waals surface area contributed by atoms with Crippen LogP contribution >= 0.6 is 0 Å². The molecule has 148 valence electrons. The van der Waals surface area contributed by atoms with Crippen LogP contribution in [0.3, 0.4) is 0 Å². The maximum Gasteiger partial charge on any atom is 0.387 e. The normalized spacial score (nSPS) is 25.9. The van der Waals surface area contributed by atoms with Gasteiger partial charge in [0.25, 0.3) is 5.91 Å². The van der Waals surface area contributed by atoms with E-state index >= 15 is 0 Å². The topological polar surface area (TPSA) is 64.6 Å². The number of nitrogens with one attached hydrogen (secondary N) is 1. The zero-order valence-corrected chi connectivity index (χ0v) is 15.5. The van der Waals surface area contributed by atoms with Gasteiger partial charge in [-0.2, -0.15) is 8.78 Å². The Morgan fingerprint density at radius 2 is 1.81 bits per heavy atom. The van der Waals surface area contributed by atoms with E-state index in [1.807, 2.05) is 6.92 Å². The van der Waals surface area contributed by atoms with Gasteiger partial charge in [-0.3, -0.25) is 4.79 Å². The number of fused-ring (bicyclic) bond motifs is 2. The second-order valence-electron chi connectivity index (χ2n) is 7.59. The van der Waals surface area contributed by atoms with E-state index < -0.39 is 18.7 Å². The Bertz CT molecular complexity index is 679. The third kappa shape index (κ3) is 4.76. The highest BCUT2D eigenvalue weighted by Gasteiger charge is 2.42. The lowest BCUT2D eigenvalue weighted by Gasteiger charge is -2.29. The Morgan fingerprint density at radius 1 is 1.11 bits per heavy atom. The Hall–Kier alpha value is -2.18. The molecule has 2 aliphatic carbocycles. The predicted octanol–water partition coefficient (Wildman–Crippen LogP) is 3.77. The number of esters is 1. The molecule has 1 aromatic rings. The summed E-state index contributed by atoms with van der Waals surface area (Å²) >= 11 is 0. The van der Waals surface area contributed by atoms with Crippen LogP contribution < -0.4 is 10.1 Å². The summed E-state index contributed by atoms with van der Waals surface area (Å²) in [5, 5.41) is 2.97. The van der Waals surface area contributed by atoms with E-state index in [4.69, 9.17) is 4.74 Å². The zero-order chi connectivity index (χ0) is 19.6. The highest BCUT2D eigenvalue weighted by Crippen LogP contribution is 2.49. The molecule has 7 heteroatoms. The summed E-state index contributed by atoms with van der Waals surface area (Å²) in [6.07, 6.45) is 4.03. The molecule has 2 bridgehead atoms. The average Bonchev–Trinajstić information content (AvgIpc) is 3.25. The molecule has 5 nitrogen and oxygen atoms in total. The highest BCUT2D eigenvalue weighted by atomic mass is 19.3. The number of hydrogen-bond donors (Lipinski definition) is 1. The zero-order valence-electron chi connectivity index (χ0n) is 15.5. The van der Waals surface area contributed by atoms with Gasteiger partial charge in [-0.05, 0) is 75.1 Å². The van der Waals surface area contributed by atoms with Crippen LogP contribution in [0.25, 0.3) is 0 Å². The second-order valence-corrected chi connectivity index (χ2v) is 7.59. The first-order valence-corrected chi connectivity index (χ1v) is 9.39. The van der Waals surface area contributed by atoms with Gasteiger partial charge in [-0.25, -0.2) is 4.79 Å². The monoisotopic (exact) mass is 381 g/mol. The Kier molecular flexibility index (Phi) is 5.97. The van der Waals surface area contributed by atoms with Gasteiger partial charge in [-0.15, -0.1) is 0 Å². The van der Waals surface area contributed by atoms with Gasteiger partial charge in [-0.1, -0.05) is 6.42 Å². The van der Waals surface area contributed by atoms with Gasteiger partial charge in [0.15, 0.2) is 6.10 Å². The van der Waals surface area contributed by atoms with Gasteiger partial charge in [0, 0.05) is 6.04 Å². The SMILES string of the molecule is C[C@H](NC(=O)[C@@H](C)OC(=O)c1ccc(OC(F)F)cc1)[C@H]1C[C@@H]2CC[C@@H]1C2. The van der Waals surface area contributed by atoms with Gasteiger partial charge in [0.2, 0.25) is 0 Å². The summed E-state index contributed by atoms with van der Waals surface area (Å²) in [5.74, 6) is 0.930. The van der Waals surface area contributed by atoms with Crippen molar-refractivity contribution in [1.29, 1.82) is 0 Å². The Labute approximate surface area is 157 Å². The lowest BCUT2D eigenvalue weighted by Crippen LogP contribution is -2.45. The summed E-state index contributed by atoms with van der Waals surface area (Å²) in [6.45, 7) is 0.609. The van der Waals surface area contributed by atoms with Crippen molar-refractivity contribution in [2.24, 2.45) is 17.8 Å². The van der Waals surface area contributed by atoms with Crippen LogP contribution in [0, 0.1) is 17.8 Å². The Balaban J connectivity index is 1.49. The quantitative estimate of drug-likeness (QED) is 0.730. The molecule has 3 rings (SSSR count). The van der Waals surface area contributed by atoms with Crippen LogP contribution in [0.5, 0.6) is 5.75 Å². The number of halogens is 2. The number of carbonyl (C=O) groups excluding carboxylic acids is 2. The standard InChI is InChI=1S/C20H25F2NO4/c1-11(17-10-13-3-4-15(17)9-13)23-18(24)12(2)26-19(25)14-5-7-16(8-6-14)27-20(21)22/h5-8,11-13,15,17,20H,3-4,9-10H2,1-2H3,(H,23,24)/t11-,12+,13+,15+,17+/m0/s1. The molecule has 0 aromatic heterocycles. The molecule has 0 saturated heterocycles. The number of alkyl halides is 2. The van der Waals surface area contributed by atoms with Crippen LogP contribution in [0.15, 0.2) is 24.3 Å². The summed E-state index contributed by atoms with van der Waals surface area (Å²) in [7, 11) is 0. The molecular formula is C20H25F2NO4. The van der Waals surface area contributed by atoms with E-state index in [2.05, 4.69) is 10.1 Å². The number of carbonyl (C=O) groups is 2. The lowest BCUT2D eigenvalue weighted by molar-refractivity contribution is -0.130. The third-order valence-electron chi connectivity index (χ3n) is 5.77. The van der Waals surface area contributed by atoms with E-state index in [1.54, 1.807) is 0 Å². The first-order chi connectivity index (χ1) is 12.8. The van der Waals surface area contributed by atoms with E-state index in [9.17, 15) is 18.4 Å². The van der Waals surface area contributed by atoms with Crippen molar-refractivity contribution in [2.75, 3.05) is 0 Å². The lowest BCUT2D eigenvalue weighted by atomic mass is 9.84. The van der Waals surface area contributed by atoms with Gasteiger partial charge in [0.05, 0.1) is 5.56 Å². The predicted molar refractivity (Wildman–Crippen MR) is 94.5 cm³/mol. The largest absolute Gasteiger partial charge is 0.449 e. The van der Waals surface area contributed by atoms with Gasteiger partial charge >= 0.3 is 12.6 Å². The minimum atomic E-state index is -2.93. The molecule has 5 atom stereocenters. The first kappa shape index (κ1) is 19.6. The number of rotatable bonds is 7. The fourth-order valence-corrected chi connectivity index (χ4v) is 4.41. The van der Waals surface area contributed by atoms with Crippen LogP contribution in [0.1, 0.15) is 49.9 Å². The molecule has 0 unspecified atom stereocenters. The number of hydrogen-bond acceptors (Lipinski definition) is 4. The van der Waals surface area contributed by atoms with Crippen molar-refractivity contribution in [3.05, 3.63) is 29.8 Å². The van der Waals surface area contributed by atoms with Crippen molar-refractivity contribution in [3.63, 3.8) is 0 Å². The van der Waals surface area contributed by atoms with Gasteiger partial charge in [0.1, 0.15) is 5.75 Å².